The van der Waals surface area contributed by atoms with Crippen LogP contribution in [0.4, 0.5) is 0 Å². The van der Waals surface area contributed by atoms with Gasteiger partial charge in [0.25, 0.3) is 0 Å². The highest BCUT2D eigenvalue weighted by atomic mass is 32.7. The van der Waals surface area contributed by atoms with Gasteiger partial charge in [0.05, 0.1) is 0 Å². The molecule has 3 rings (SSSR count). The predicted octanol–water partition coefficient (Wildman–Crippen LogP) is 5.91. The minimum absolute atomic E-state index is 0. The van der Waals surface area contributed by atoms with Crippen molar-refractivity contribution in [3.63, 3.8) is 0 Å². The third-order valence-electron chi connectivity index (χ3n) is 7.10. The highest BCUT2D eigenvalue weighted by Crippen LogP contribution is 2.72. The molecule has 0 aromatic rings. The Balaban J connectivity index is 0.00000147. The first kappa shape index (κ1) is 17.2. The summed E-state index contributed by atoms with van der Waals surface area (Å²) in [4.78, 5) is 0. The Morgan fingerprint density at radius 2 is 1.65 bits per heavy atom. The maximum atomic E-state index is 2.61. The second-order valence-electron chi connectivity index (χ2n) is 8.04. The van der Waals surface area contributed by atoms with Crippen LogP contribution in [0.3, 0.4) is 0 Å². The van der Waals surface area contributed by atoms with Crippen molar-refractivity contribution in [2.24, 2.45) is 16.7 Å². The van der Waals surface area contributed by atoms with Crippen LogP contribution in [0, 0.1) is 16.7 Å². The van der Waals surface area contributed by atoms with Crippen molar-refractivity contribution in [2.75, 3.05) is 6.66 Å². The molecular weight excluding hydrogens is 278 g/mol. The molecule has 3 heteroatoms. The van der Waals surface area contributed by atoms with E-state index >= 15 is 0 Å². The van der Waals surface area contributed by atoms with Gasteiger partial charge in [-0.05, 0) is 68.3 Å². The SMILES string of the molecule is CP(S[C@@H]1C[C@H]2CC[C@]1(C)C2(C)C)C1CCCCC1.[B]. The Hall–Kier alpha value is 0.845. The number of hydrogen-bond donors (Lipinski definition) is 0. The smallest absolute Gasteiger partial charge is 0.0150 e. The van der Waals surface area contributed by atoms with Gasteiger partial charge in [-0.2, -0.15) is 0 Å². The molecule has 4 atom stereocenters. The van der Waals surface area contributed by atoms with Gasteiger partial charge in [0.1, 0.15) is 0 Å². The van der Waals surface area contributed by atoms with E-state index in [9.17, 15) is 0 Å². The second kappa shape index (κ2) is 6.15. The van der Waals surface area contributed by atoms with Gasteiger partial charge in [-0.25, -0.2) is 0 Å². The van der Waals surface area contributed by atoms with E-state index in [0.29, 0.717) is 10.8 Å². The summed E-state index contributed by atoms with van der Waals surface area (Å²) < 4.78 is 0. The van der Waals surface area contributed by atoms with Crippen LogP contribution in [0.15, 0.2) is 0 Å². The summed E-state index contributed by atoms with van der Waals surface area (Å²) in [6.07, 6.45) is 12.1. The van der Waals surface area contributed by atoms with Crippen molar-refractivity contribution in [3.8, 4) is 0 Å². The number of hydrogen-bond acceptors (Lipinski definition) is 1. The third kappa shape index (κ3) is 2.62. The Morgan fingerprint density at radius 1 is 1.00 bits per heavy atom. The lowest BCUT2D eigenvalue weighted by Gasteiger charge is -2.41. The summed E-state index contributed by atoms with van der Waals surface area (Å²) in [6, 6.07) is 0. The molecule has 20 heavy (non-hydrogen) atoms. The zero-order chi connectivity index (χ0) is 13.7. The summed E-state index contributed by atoms with van der Waals surface area (Å²) in [5.74, 6) is 1.02. The first-order valence-corrected chi connectivity index (χ1v) is 11.7. The van der Waals surface area contributed by atoms with Crippen molar-refractivity contribution in [1.29, 1.82) is 0 Å². The normalized spacial score (nSPS) is 41.4. The molecule has 0 saturated heterocycles. The van der Waals surface area contributed by atoms with Gasteiger partial charge in [0, 0.05) is 13.7 Å². The van der Waals surface area contributed by atoms with Gasteiger partial charge in [0.2, 0.25) is 0 Å². The highest BCUT2D eigenvalue weighted by Gasteiger charge is 2.61. The Morgan fingerprint density at radius 3 is 2.15 bits per heavy atom. The maximum absolute atomic E-state index is 2.61. The lowest BCUT2D eigenvalue weighted by atomic mass is 9.71. The van der Waals surface area contributed by atoms with Crippen LogP contribution in [0.25, 0.3) is 0 Å². The largest absolute Gasteiger partial charge is 0.130 e. The molecular formula is C17H31BPS. The van der Waals surface area contributed by atoms with Crippen molar-refractivity contribution in [2.45, 2.75) is 83.0 Å². The summed E-state index contributed by atoms with van der Waals surface area (Å²) in [6.45, 7) is 10.3. The average Bonchev–Trinajstić information content (AvgIpc) is 2.73. The van der Waals surface area contributed by atoms with Crippen LogP contribution in [0.5, 0.6) is 0 Å². The minimum atomic E-state index is 0. The van der Waals surface area contributed by atoms with Crippen LogP contribution in [-0.4, -0.2) is 26.0 Å². The monoisotopic (exact) mass is 309 g/mol. The van der Waals surface area contributed by atoms with E-state index in [2.05, 4.69) is 38.8 Å². The molecule has 0 nitrogen and oxygen atoms in total. The lowest BCUT2D eigenvalue weighted by Crippen LogP contribution is -2.33. The second-order valence-corrected chi connectivity index (χ2v) is 13.0. The third-order valence-corrected chi connectivity index (χ3v) is 12.6. The summed E-state index contributed by atoms with van der Waals surface area (Å²) in [7, 11) is 0.222. The lowest BCUT2D eigenvalue weighted by molar-refractivity contribution is 0.157. The standard InChI is InChI=1S/C17H31PS.B/c1-16(2)13-10-11-17(16,3)15(12-13)19-18(4)14-8-6-5-7-9-14;/h13-15H,5-12H2,1-4H3;/t13-,15-,17+,18?;/m1./s1. The van der Waals surface area contributed by atoms with Gasteiger partial charge >= 0.3 is 0 Å². The van der Waals surface area contributed by atoms with Crippen LogP contribution >= 0.6 is 18.5 Å². The molecule has 3 fully saturated rings. The molecule has 0 aromatic heterocycles. The van der Waals surface area contributed by atoms with Crippen LogP contribution in [0.2, 0.25) is 0 Å². The number of fused-ring (bicyclic) bond motifs is 2. The fourth-order valence-corrected chi connectivity index (χ4v) is 11.0. The Labute approximate surface area is 133 Å². The van der Waals surface area contributed by atoms with E-state index in [4.69, 9.17) is 0 Å². The molecule has 0 aromatic carbocycles. The van der Waals surface area contributed by atoms with Crippen molar-refractivity contribution < 1.29 is 0 Å². The van der Waals surface area contributed by atoms with E-state index in [-0.39, 0.29) is 15.5 Å². The van der Waals surface area contributed by atoms with Crippen LogP contribution in [0.1, 0.15) is 72.1 Å². The van der Waals surface area contributed by atoms with Gasteiger partial charge < -0.3 is 0 Å². The first-order chi connectivity index (χ1) is 8.95. The molecule has 2 bridgehead atoms. The fourth-order valence-electron chi connectivity index (χ4n) is 5.02. The zero-order valence-corrected chi connectivity index (χ0v) is 15.5. The maximum Gasteiger partial charge on any atom is 0.0150 e. The van der Waals surface area contributed by atoms with Crippen LogP contribution < -0.4 is 0 Å². The van der Waals surface area contributed by atoms with Crippen molar-refractivity contribution in [1.82, 2.24) is 0 Å². The highest BCUT2D eigenvalue weighted by molar-refractivity contribution is 8.56. The molecule has 3 radical (unpaired) electrons. The molecule has 3 saturated carbocycles. The van der Waals surface area contributed by atoms with E-state index in [1.54, 1.807) is 0 Å². The van der Waals surface area contributed by atoms with E-state index < -0.39 is 0 Å². The zero-order valence-electron chi connectivity index (χ0n) is 13.8. The summed E-state index contributed by atoms with van der Waals surface area (Å²) in [5, 5.41) is 0.972. The summed E-state index contributed by atoms with van der Waals surface area (Å²) >= 11 is 2.44. The first-order valence-electron chi connectivity index (χ1n) is 8.35. The minimum Gasteiger partial charge on any atom is -0.130 e. The predicted molar refractivity (Wildman–Crippen MR) is 96.1 cm³/mol. The molecule has 0 N–H and O–H groups in total. The molecule has 0 amide bonds. The summed E-state index contributed by atoms with van der Waals surface area (Å²) in [5.41, 5.74) is 2.32. The molecule has 3 aliphatic rings. The fraction of sp³-hybridized carbons (Fsp3) is 1.00. The molecule has 0 heterocycles. The van der Waals surface area contributed by atoms with Crippen molar-refractivity contribution in [3.05, 3.63) is 0 Å². The van der Waals surface area contributed by atoms with Gasteiger partial charge in [-0.1, -0.05) is 40.0 Å². The molecule has 0 aliphatic heterocycles. The quantitative estimate of drug-likeness (QED) is 0.461. The van der Waals surface area contributed by atoms with Gasteiger partial charge in [-0.15, -0.1) is 11.4 Å². The number of rotatable bonds is 3. The van der Waals surface area contributed by atoms with Crippen molar-refractivity contribution >= 4 is 26.9 Å². The Bertz CT molecular complexity index is 340. The van der Waals surface area contributed by atoms with Gasteiger partial charge in [0.15, 0.2) is 0 Å². The molecule has 113 valence electrons. The Kier molecular flexibility index (Phi) is 5.29. The van der Waals surface area contributed by atoms with E-state index in [1.165, 1.54) is 51.4 Å². The average molecular weight is 309 g/mol. The molecule has 0 spiro atoms. The van der Waals surface area contributed by atoms with Gasteiger partial charge in [-0.3, -0.25) is 0 Å². The molecule has 3 aliphatic carbocycles. The van der Waals surface area contributed by atoms with E-state index in [0.717, 1.165) is 16.8 Å². The van der Waals surface area contributed by atoms with E-state index in [1.807, 2.05) is 0 Å². The van der Waals surface area contributed by atoms with Crippen LogP contribution in [-0.2, 0) is 0 Å². The topological polar surface area (TPSA) is 0 Å². The molecule has 1 unspecified atom stereocenters.